The van der Waals surface area contributed by atoms with E-state index in [0.717, 1.165) is 10.6 Å². The van der Waals surface area contributed by atoms with Gasteiger partial charge >= 0.3 is 0 Å². The minimum absolute atomic E-state index is 0.105. The van der Waals surface area contributed by atoms with Crippen molar-refractivity contribution in [2.24, 2.45) is 0 Å². The quantitative estimate of drug-likeness (QED) is 0.588. The van der Waals surface area contributed by atoms with Crippen LogP contribution in [0.4, 0.5) is 4.39 Å². The largest absolute Gasteiger partial charge is 0.478 e. The Kier molecular flexibility index (Phi) is 6.94. The van der Waals surface area contributed by atoms with Crippen LogP contribution < -0.4 is 10.1 Å². The molecule has 0 heterocycles. The van der Waals surface area contributed by atoms with E-state index >= 15 is 0 Å². The number of hydrogen-bond donors (Lipinski definition) is 1. The number of benzene rings is 2. The van der Waals surface area contributed by atoms with Crippen LogP contribution >= 0.6 is 11.8 Å². The standard InChI is InChI=1S/C18H20FNO2S/c1-2-16(22-17-11-7-6-10-15(17)19)18(21)20-12-13-23-14-8-4-3-5-9-14/h3-11,16H,2,12-13H2,1H3,(H,20,21). The van der Waals surface area contributed by atoms with Crippen molar-refractivity contribution in [2.45, 2.75) is 24.3 Å². The molecule has 1 unspecified atom stereocenters. The van der Waals surface area contributed by atoms with Crippen molar-refractivity contribution in [1.82, 2.24) is 5.32 Å². The number of thioether (sulfide) groups is 1. The van der Waals surface area contributed by atoms with Gasteiger partial charge < -0.3 is 10.1 Å². The van der Waals surface area contributed by atoms with Gasteiger partial charge in [0.25, 0.3) is 5.91 Å². The fourth-order valence-corrected chi connectivity index (χ4v) is 2.78. The molecule has 0 aliphatic carbocycles. The van der Waals surface area contributed by atoms with Crippen LogP contribution in [0.5, 0.6) is 5.75 Å². The number of carbonyl (C=O) groups is 1. The Hall–Kier alpha value is -2.01. The van der Waals surface area contributed by atoms with Crippen molar-refractivity contribution in [3.8, 4) is 5.75 Å². The van der Waals surface area contributed by atoms with Gasteiger partial charge in [-0.15, -0.1) is 11.8 Å². The summed E-state index contributed by atoms with van der Waals surface area (Å²) in [6.45, 7) is 2.37. The maximum absolute atomic E-state index is 13.6. The molecule has 2 rings (SSSR count). The Morgan fingerprint density at radius 3 is 2.57 bits per heavy atom. The fourth-order valence-electron chi connectivity index (χ4n) is 1.99. The van der Waals surface area contributed by atoms with E-state index in [1.54, 1.807) is 23.9 Å². The maximum Gasteiger partial charge on any atom is 0.261 e. The summed E-state index contributed by atoms with van der Waals surface area (Å²) >= 11 is 1.67. The number of ether oxygens (including phenoxy) is 1. The highest BCUT2D eigenvalue weighted by Gasteiger charge is 2.19. The third-order valence-electron chi connectivity index (χ3n) is 3.18. The molecule has 23 heavy (non-hydrogen) atoms. The van der Waals surface area contributed by atoms with Crippen LogP contribution in [0.2, 0.25) is 0 Å². The first-order chi connectivity index (χ1) is 11.2. The van der Waals surface area contributed by atoms with Gasteiger partial charge in [0, 0.05) is 17.2 Å². The molecule has 0 aromatic heterocycles. The first kappa shape index (κ1) is 17.3. The van der Waals surface area contributed by atoms with E-state index in [4.69, 9.17) is 4.74 Å². The van der Waals surface area contributed by atoms with Gasteiger partial charge in [-0.2, -0.15) is 0 Å². The molecule has 3 nitrogen and oxygen atoms in total. The summed E-state index contributed by atoms with van der Waals surface area (Å²) in [4.78, 5) is 13.3. The van der Waals surface area contributed by atoms with Crippen LogP contribution in [0, 0.1) is 5.82 Å². The van der Waals surface area contributed by atoms with E-state index in [2.05, 4.69) is 5.32 Å². The third kappa shape index (κ3) is 5.60. The highest BCUT2D eigenvalue weighted by molar-refractivity contribution is 7.99. The molecular weight excluding hydrogens is 313 g/mol. The van der Waals surface area contributed by atoms with Gasteiger partial charge in [-0.05, 0) is 30.7 Å². The van der Waals surface area contributed by atoms with E-state index in [-0.39, 0.29) is 11.7 Å². The Morgan fingerprint density at radius 1 is 1.17 bits per heavy atom. The monoisotopic (exact) mass is 333 g/mol. The number of amides is 1. The molecule has 0 saturated carbocycles. The minimum atomic E-state index is -0.686. The van der Waals surface area contributed by atoms with Gasteiger partial charge in [-0.3, -0.25) is 4.79 Å². The fraction of sp³-hybridized carbons (Fsp3) is 0.278. The Bertz CT molecular complexity index is 621. The lowest BCUT2D eigenvalue weighted by molar-refractivity contribution is -0.128. The molecule has 1 atom stereocenters. The summed E-state index contributed by atoms with van der Waals surface area (Å²) in [5, 5.41) is 2.84. The predicted octanol–water partition coefficient (Wildman–Crippen LogP) is 3.89. The second-order valence-corrected chi connectivity index (χ2v) is 6.07. The second kappa shape index (κ2) is 9.20. The Morgan fingerprint density at radius 2 is 1.87 bits per heavy atom. The van der Waals surface area contributed by atoms with Crippen molar-refractivity contribution >= 4 is 17.7 Å². The second-order valence-electron chi connectivity index (χ2n) is 4.90. The van der Waals surface area contributed by atoms with E-state index in [0.29, 0.717) is 13.0 Å². The molecule has 1 N–H and O–H groups in total. The number of hydrogen-bond acceptors (Lipinski definition) is 3. The van der Waals surface area contributed by atoms with Crippen LogP contribution in [-0.4, -0.2) is 24.3 Å². The molecule has 5 heteroatoms. The van der Waals surface area contributed by atoms with Crippen molar-refractivity contribution in [3.05, 3.63) is 60.4 Å². The zero-order chi connectivity index (χ0) is 16.5. The zero-order valence-electron chi connectivity index (χ0n) is 13.0. The highest BCUT2D eigenvalue weighted by Crippen LogP contribution is 2.18. The first-order valence-electron chi connectivity index (χ1n) is 7.57. The maximum atomic E-state index is 13.6. The predicted molar refractivity (Wildman–Crippen MR) is 91.3 cm³/mol. The van der Waals surface area contributed by atoms with Gasteiger partial charge in [-0.1, -0.05) is 37.3 Å². The lowest BCUT2D eigenvalue weighted by atomic mass is 10.2. The van der Waals surface area contributed by atoms with Crippen LogP contribution in [0.15, 0.2) is 59.5 Å². The highest BCUT2D eigenvalue weighted by atomic mass is 32.2. The molecule has 0 spiro atoms. The number of rotatable bonds is 8. The van der Waals surface area contributed by atoms with Crippen molar-refractivity contribution in [3.63, 3.8) is 0 Å². The van der Waals surface area contributed by atoms with E-state index in [9.17, 15) is 9.18 Å². The van der Waals surface area contributed by atoms with E-state index < -0.39 is 11.9 Å². The summed E-state index contributed by atoms with van der Waals surface area (Å²) in [7, 11) is 0. The Labute approximate surface area is 140 Å². The summed E-state index contributed by atoms with van der Waals surface area (Å²) in [5.74, 6) is 0.197. The van der Waals surface area contributed by atoms with E-state index in [1.165, 1.54) is 12.1 Å². The molecule has 0 bridgehead atoms. The first-order valence-corrected chi connectivity index (χ1v) is 8.56. The molecule has 0 aliphatic rings. The summed E-state index contributed by atoms with van der Waals surface area (Å²) in [5.41, 5.74) is 0. The smallest absolute Gasteiger partial charge is 0.261 e. The molecule has 1 amide bonds. The number of halogens is 1. The molecule has 0 saturated heterocycles. The average molecular weight is 333 g/mol. The van der Waals surface area contributed by atoms with Crippen molar-refractivity contribution < 1.29 is 13.9 Å². The van der Waals surface area contributed by atoms with Gasteiger partial charge in [0.2, 0.25) is 0 Å². The van der Waals surface area contributed by atoms with Crippen LogP contribution in [-0.2, 0) is 4.79 Å². The normalized spacial score (nSPS) is 11.7. The minimum Gasteiger partial charge on any atom is -0.478 e. The molecule has 0 fully saturated rings. The number of carbonyl (C=O) groups excluding carboxylic acids is 1. The van der Waals surface area contributed by atoms with Crippen LogP contribution in [0.25, 0.3) is 0 Å². The van der Waals surface area contributed by atoms with E-state index in [1.807, 2.05) is 37.3 Å². The van der Waals surface area contributed by atoms with Gasteiger partial charge in [0.05, 0.1) is 0 Å². The molecule has 0 radical (unpaired) electrons. The SMILES string of the molecule is CCC(Oc1ccccc1F)C(=O)NCCSc1ccccc1. The Balaban J connectivity index is 1.77. The molecule has 122 valence electrons. The summed E-state index contributed by atoms with van der Waals surface area (Å²) in [6.07, 6.45) is -0.208. The molecule has 2 aromatic rings. The average Bonchev–Trinajstić information content (AvgIpc) is 2.59. The third-order valence-corrected chi connectivity index (χ3v) is 4.20. The topological polar surface area (TPSA) is 38.3 Å². The lowest BCUT2D eigenvalue weighted by Gasteiger charge is -2.17. The number of para-hydroxylation sites is 1. The van der Waals surface area contributed by atoms with Gasteiger partial charge in [0.15, 0.2) is 17.7 Å². The zero-order valence-corrected chi connectivity index (χ0v) is 13.8. The van der Waals surface area contributed by atoms with Crippen molar-refractivity contribution in [1.29, 1.82) is 0 Å². The summed E-state index contributed by atoms with van der Waals surface area (Å²) in [6, 6.07) is 16.1. The van der Waals surface area contributed by atoms with Gasteiger partial charge in [0.1, 0.15) is 0 Å². The number of nitrogens with one attached hydrogen (secondary N) is 1. The van der Waals surface area contributed by atoms with Gasteiger partial charge in [-0.25, -0.2) is 4.39 Å². The van der Waals surface area contributed by atoms with Crippen molar-refractivity contribution in [2.75, 3.05) is 12.3 Å². The van der Waals surface area contributed by atoms with Crippen LogP contribution in [0.3, 0.4) is 0 Å². The molecular formula is C18H20FNO2S. The lowest BCUT2D eigenvalue weighted by Crippen LogP contribution is -2.39. The summed E-state index contributed by atoms with van der Waals surface area (Å²) < 4.78 is 19.1. The van der Waals surface area contributed by atoms with Crippen LogP contribution in [0.1, 0.15) is 13.3 Å². The molecule has 0 aliphatic heterocycles. The molecule has 2 aromatic carbocycles.